The molecule has 0 saturated heterocycles. The molecule has 0 aliphatic carbocycles. The lowest BCUT2D eigenvalue weighted by Crippen LogP contribution is -2.30. The number of aliphatic imine (C=N–C) groups is 1. The third-order valence-electron chi connectivity index (χ3n) is 2.88. The van der Waals surface area contributed by atoms with E-state index < -0.39 is 0 Å². The first-order chi connectivity index (χ1) is 9.22. The molecular formula is C13H12ClN3OS. The van der Waals surface area contributed by atoms with Gasteiger partial charge in [0.15, 0.2) is 5.17 Å². The Morgan fingerprint density at radius 3 is 3.16 bits per heavy atom. The second-order valence-electron chi connectivity index (χ2n) is 4.23. The molecule has 0 atom stereocenters. The fourth-order valence-corrected chi connectivity index (χ4v) is 2.93. The Kier molecular flexibility index (Phi) is 3.48. The van der Waals surface area contributed by atoms with Crippen molar-refractivity contribution in [3.8, 4) is 0 Å². The van der Waals surface area contributed by atoms with Crippen LogP contribution < -0.4 is 5.32 Å². The molecule has 98 valence electrons. The summed E-state index contributed by atoms with van der Waals surface area (Å²) in [6, 6.07) is 7.63. The summed E-state index contributed by atoms with van der Waals surface area (Å²) in [4.78, 5) is 16.1. The van der Waals surface area contributed by atoms with Crippen LogP contribution in [0.3, 0.4) is 0 Å². The molecule has 0 fully saturated rings. The minimum Gasteiger partial charge on any atom is -0.338 e. The maximum absolute atomic E-state index is 11.9. The Bertz CT molecular complexity index is 665. The highest BCUT2D eigenvalue weighted by Crippen LogP contribution is 2.20. The van der Waals surface area contributed by atoms with Gasteiger partial charge in [-0.25, -0.2) is 0 Å². The Hall–Kier alpha value is -1.46. The number of halogens is 1. The van der Waals surface area contributed by atoms with Crippen molar-refractivity contribution in [1.82, 2.24) is 9.88 Å². The van der Waals surface area contributed by atoms with Crippen molar-refractivity contribution in [2.24, 2.45) is 4.99 Å². The molecule has 0 spiro atoms. The molecule has 1 aromatic heterocycles. The highest BCUT2D eigenvalue weighted by Gasteiger charge is 2.12. The Labute approximate surface area is 119 Å². The van der Waals surface area contributed by atoms with Crippen molar-refractivity contribution in [1.29, 1.82) is 0 Å². The smallest absolute Gasteiger partial charge is 0.245 e. The van der Waals surface area contributed by atoms with E-state index in [9.17, 15) is 4.79 Å². The topological polar surface area (TPSA) is 46.4 Å². The molecular weight excluding hydrogens is 282 g/mol. The number of carbonyl (C=O) groups excluding carboxylic acids is 1. The second kappa shape index (κ2) is 5.27. The highest BCUT2D eigenvalue weighted by molar-refractivity contribution is 8.14. The maximum Gasteiger partial charge on any atom is 0.245 e. The first kappa shape index (κ1) is 12.6. The number of thioether (sulfide) groups is 1. The number of nitrogens with one attached hydrogen (secondary N) is 1. The van der Waals surface area contributed by atoms with Gasteiger partial charge >= 0.3 is 0 Å². The van der Waals surface area contributed by atoms with Crippen LogP contribution in [-0.4, -0.2) is 27.9 Å². The molecule has 1 aliphatic rings. The first-order valence-electron chi connectivity index (χ1n) is 5.94. The van der Waals surface area contributed by atoms with E-state index in [0.717, 1.165) is 28.4 Å². The van der Waals surface area contributed by atoms with E-state index in [2.05, 4.69) is 10.3 Å². The average molecular weight is 294 g/mol. The van der Waals surface area contributed by atoms with Crippen LogP contribution in [0.5, 0.6) is 0 Å². The average Bonchev–Trinajstić information content (AvgIpc) is 3.00. The predicted molar refractivity (Wildman–Crippen MR) is 79.9 cm³/mol. The molecule has 1 aromatic carbocycles. The zero-order valence-electron chi connectivity index (χ0n) is 10.1. The second-order valence-corrected chi connectivity index (χ2v) is 5.75. The Morgan fingerprint density at radius 2 is 2.37 bits per heavy atom. The lowest BCUT2D eigenvalue weighted by molar-refractivity contribution is -0.120. The molecule has 4 nitrogen and oxygen atoms in total. The van der Waals surface area contributed by atoms with E-state index >= 15 is 0 Å². The van der Waals surface area contributed by atoms with E-state index in [0.29, 0.717) is 5.02 Å². The standard InChI is InChI=1S/C13H12ClN3OS/c14-10-2-1-9-3-5-17(11(9)7-10)8-12(18)16-13-15-4-6-19-13/h1-3,5,7H,4,6,8H2,(H,15,16,18). The van der Waals surface area contributed by atoms with Crippen LogP contribution in [0.4, 0.5) is 0 Å². The monoisotopic (exact) mass is 293 g/mol. The molecule has 0 unspecified atom stereocenters. The number of fused-ring (bicyclic) bond motifs is 1. The van der Waals surface area contributed by atoms with Gasteiger partial charge in [0.1, 0.15) is 6.54 Å². The van der Waals surface area contributed by atoms with Crippen molar-refractivity contribution < 1.29 is 4.79 Å². The molecule has 1 aliphatic heterocycles. The van der Waals surface area contributed by atoms with Crippen LogP contribution >= 0.6 is 23.4 Å². The molecule has 6 heteroatoms. The lowest BCUT2D eigenvalue weighted by atomic mass is 10.2. The summed E-state index contributed by atoms with van der Waals surface area (Å²) in [7, 11) is 0. The summed E-state index contributed by atoms with van der Waals surface area (Å²) in [6.45, 7) is 1.05. The fraction of sp³-hybridized carbons (Fsp3) is 0.231. The summed E-state index contributed by atoms with van der Waals surface area (Å²) >= 11 is 7.56. The van der Waals surface area contributed by atoms with Gasteiger partial charge in [0.2, 0.25) is 5.91 Å². The number of amidine groups is 1. The van der Waals surface area contributed by atoms with Gasteiger partial charge in [0.05, 0.1) is 6.54 Å². The molecule has 19 heavy (non-hydrogen) atoms. The highest BCUT2D eigenvalue weighted by atomic mass is 35.5. The maximum atomic E-state index is 11.9. The Balaban J connectivity index is 1.77. The Morgan fingerprint density at radius 1 is 1.47 bits per heavy atom. The molecule has 1 N–H and O–H groups in total. The zero-order chi connectivity index (χ0) is 13.2. The number of nitrogens with zero attached hydrogens (tertiary/aromatic N) is 2. The molecule has 0 radical (unpaired) electrons. The van der Waals surface area contributed by atoms with Gasteiger partial charge in [-0.05, 0) is 23.6 Å². The normalized spacial score (nSPS) is 14.7. The third kappa shape index (κ3) is 2.77. The number of benzene rings is 1. The van der Waals surface area contributed by atoms with Crippen molar-refractivity contribution in [3.05, 3.63) is 35.5 Å². The molecule has 2 heterocycles. The van der Waals surface area contributed by atoms with Crippen LogP contribution in [0.2, 0.25) is 5.02 Å². The van der Waals surface area contributed by atoms with Crippen LogP contribution in [-0.2, 0) is 11.3 Å². The summed E-state index contributed by atoms with van der Waals surface area (Å²) in [5, 5.41) is 5.28. The van der Waals surface area contributed by atoms with Gasteiger partial charge in [0, 0.05) is 22.5 Å². The number of carbonyl (C=O) groups is 1. The summed E-state index contributed by atoms with van der Waals surface area (Å²) in [5.41, 5.74) is 0.962. The zero-order valence-corrected chi connectivity index (χ0v) is 11.7. The lowest BCUT2D eigenvalue weighted by Gasteiger charge is -2.06. The van der Waals surface area contributed by atoms with Crippen molar-refractivity contribution >= 4 is 45.3 Å². The number of aromatic nitrogens is 1. The summed E-state index contributed by atoms with van der Waals surface area (Å²) in [6.07, 6.45) is 1.89. The van der Waals surface area contributed by atoms with E-state index in [1.54, 1.807) is 11.8 Å². The molecule has 0 bridgehead atoms. The van der Waals surface area contributed by atoms with Crippen molar-refractivity contribution in [3.63, 3.8) is 0 Å². The van der Waals surface area contributed by atoms with Crippen LogP contribution in [0.25, 0.3) is 10.9 Å². The largest absolute Gasteiger partial charge is 0.338 e. The molecule has 3 rings (SSSR count). The molecule has 1 amide bonds. The van der Waals surface area contributed by atoms with E-state index in [-0.39, 0.29) is 12.5 Å². The van der Waals surface area contributed by atoms with Crippen molar-refractivity contribution in [2.75, 3.05) is 12.3 Å². The fourth-order valence-electron chi connectivity index (χ4n) is 2.02. The third-order valence-corrected chi connectivity index (χ3v) is 4.01. The van der Waals surface area contributed by atoms with Gasteiger partial charge in [-0.15, -0.1) is 0 Å². The molecule has 2 aromatic rings. The van der Waals surface area contributed by atoms with Gasteiger partial charge < -0.3 is 9.88 Å². The van der Waals surface area contributed by atoms with Crippen LogP contribution in [0.15, 0.2) is 35.5 Å². The number of hydrogen-bond acceptors (Lipinski definition) is 3. The van der Waals surface area contributed by atoms with Gasteiger partial charge in [0.25, 0.3) is 0 Å². The predicted octanol–water partition coefficient (Wildman–Crippen LogP) is 2.51. The summed E-state index contributed by atoms with van der Waals surface area (Å²) in [5.74, 6) is 0.878. The van der Waals surface area contributed by atoms with Crippen LogP contribution in [0, 0.1) is 0 Å². The minimum atomic E-state index is -0.0642. The minimum absolute atomic E-state index is 0.0642. The van der Waals surface area contributed by atoms with Gasteiger partial charge in [-0.2, -0.15) is 0 Å². The quantitative estimate of drug-likeness (QED) is 0.925. The molecule has 0 saturated carbocycles. The number of hydrogen-bond donors (Lipinski definition) is 1. The summed E-state index contributed by atoms with van der Waals surface area (Å²) < 4.78 is 1.89. The SMILES string of the molecule is O=C(Cn1ccc2ccc(Cl)cc21)NC1=NCCS1. The number of rotatable bonds is 2. The van der Waals surface area contributed by atoms with E-state index in [4.69, 9.17) is 11.6 Å². The number of amides is 1. The first-order valence-corrected chi connectivity index (χ1v) is 7.30. The van der Waals surface area contributed by atoms with Crippen LogP contribution in [0.1, 0.15) is 0 Å². The van der Waals surface area contributed by atoms with E-state index in [1.807, 2.05) is 35.0 Å². The van der Waals surface area contributed by atoms with Crippen molar-refractivity contribution in [2.45, 2.75) is 6.54 Å². The van der Waals surface area contributed by atoms with Gasteiger partial charge in [-0.3, -0.25) is 9.79 Å². The van der Waals surface area contributed by atoms with E-state index in [1.165, 1.54) is 0 Å². The van der Waals surface area contributed by atoms with Gasteiger partial charge in [-0.1, -0.05) is 29.4 Å².